The standard InChI is InChI=1S/C12H14FN/c13-10-3-1-8(2-4-10)11-5-9-6-14-7-12(9)11/h1-4,9,11-12,14H,5-7H2/t9-,11+,12-/m1/s1. The van der Waals surface area contributed by atoms with E-state index in [4.69, 9.17) is 0 Å². The first kappa shape index (κ1) is 8.42. The van der Waals surface area contributed by atoms with E-state index in [1.165, 1.54) is 18.5 Å². The zero-order chi connectivity index (χ0) is 9.54. The lowest BCUT2D eigenvalue weighted by Gasteiger charge is -2.40. The van der Waals surface area contributed by atoms with Crippen LogP contribution in [0.3, 0.4) is 0 Å². The molecule has 0 amide bonds. The topological polar surface area (TPSA) is 12.0 Å². The minimum atomic E-state index is -0.130. The maximum Gasteiger partial charge on any atom is 0.123 e. The lowest BCUT2D eigenvalue weighted by molar-refractivity contribution is 0.191. The predicted octanol–water partition coefficient (Wildman–Crippen LogP) is 2.15. The number of benzene rings is 1. The summed E-state index contributed by atoms with van der Waals surface area (Å²) in [5, 5.41) is 3.42. The van der Waals surface area contributed by atoms with Crippen LogP contribution in [0.1, 0.15) is 17.9 Å². The van der Waals surface area contributed by atoms with Crippen molar-refractivity contribution in [1.29, 1.82) is 0 Å². The summed E-state index contributed by atoms with van der Waals surface area (Å²) >= 11 is 0. The Bertz CT molecular complexity index is 333. The van der Waals surface area contributed by atoms with Gasteiger partial charge in [0.1, 0.15) is 5.82 Å². The highest BCUT2D eigenvalue weighted by molar-refractivity contribution is 5.25. The van der Waals surface area contributed by atoms with Crippen molar-refractivity contribution >= 4 is 0 Å². The van der Waals surface area contributed by atoms with Gasteiger partial charge in [-0.15, -0.1) is 0 Å². The van der Waals surface area contributed by atoms with E-state index in [9.17, 15) is 4.39 Å². The first-order valence-electron chi connectivity index (χ1n) is 5.31. The average Bonchev–Trinajstić information content (AvgIpc) is 2.52. The molecule has 3 atom stereocenters. The van der Waals surface area contributed by atoms with Gasteiger partial charge in [-0.2, -0.15) is 0 Å². The summed E-state index contributed by atoms with van der Waals surface area (Å²) in [4.78, 5) is 0. The number of hydrogen-bond acceptors (Lipinski definition) is 1. The third-order valence-electron chi connectivity index (χ3n) is 3.76. The second-order valence-electron chi connectivity index (χ2n) is 4.48. The molecule has 0 bridgehead atoms. The molecule has 1 heterocycles. The van der Waals surface area contributed by atoms with Gasteiger partial charge in [-0.3, -0.25) is 0 Å². The minimum absolute atomic E-state index is 0.130. The van der Waals surface area contributed by atoms with Crippen LogP contribution in [0.2, 0.25) is 0 Å². The van der Waals surface area contributed by atoms with Gasteiger partial charge in [0.15, 0.2) is 0 Å². The van der Waals surface area contributed by atoms with Crippen LogP contribution in [0, 0.1) is 17.7 Å². The monoisotopic (exact) mass is 191 g/mol. The molecule has 1 N–H and O–H groups in total. The van der Waals surface area contributed by atoms with Crippen LogP contribution in [-0.2, 0) is 0 Å². The fourth-order valence-electron chi connectivity index (χ4n) is 2.88. The van der Waals surface area contributed by atoms with Crippen molar-refractivity contribution in [1.82, 2.24) is 5.32 Å². The molecule has 1 aromatic rings. The molecular weight excluding hydrogens is 177 g/mol. The molecule has 2 aliphatic rings. The highest BCUT2D eigenvalue weighted by Crippen LogP contribution is 2.48. The van der Waals surface area contributed by atoms with Crippen molar-refractivity contribution in [2.24, 2.45) is 11.8 Å². The van der Waals surface area contributed by atoms with Gasteiger partial charge in [-0.05, 0) is 55.0 Å². The van der Waals surface area contributed by atoms with E-state index in [0.717, 1.165) is 18.4 Å². The Balaban J connectivity index is 1.80. The molecule has 1 nitrogen and oxygen atoms in total. The molecule has 1 aromatic carbocycles. The van der Waals surface area contributed by atoms with Crippen LogP contribution >= 0.6 is 0 Å². The molecule has 1 saturated carbocycles. The van der Waals surface area contributed by atoms with Crippen LogP contribution in [0.15, 0.2) is 24.3 Å². The van der Waals surface area contributed by atoms with E-state index in [-0.39, 0.29) is 5.82 Å². The third kappa shape index (κ3) is 1.17. The second-order valence-corrected chi connectivity index (χ2v) is 4.48. The van der Waals surface area contributed by atoms with E-state index in [0.29, 0.717) is 5.92 Å². The fourth-order valence-corrected chi connectivity index (χ4v) is 2.88. The Labute approximate surface area is 83.3 Å². The molecule has 2 heteroatoms. The molecular formula is C12H14FN. The van der Waals surface area contributed by atoms with Crippen molar-refractivity contribution in [2.45, 2.75) is 12.3 Å². The molecule has 0 unspecified atom stereocenters. The summed E-state index contributed by atoms with van der Waals surface area (Å²) in [6.07, 6.45) is 1.28. The summed E-state index contributed by atoms with van der Waals surface area (Å²) in [6, 6.07) is 7.03. The Morgan fingerprint density at radius 3 is 2.64 bits per heavy atom. The molecule has 0 aromatic heterocycles. The SMILES string of the molecule is Fc1ccc([C@@H]2C[C@@H]3CNC[C@H]32)cc1. The Morgan fingerprint density at radius 1 is 1.14 bits per heavy atom. The number of fused-ring (bicyclic) bond motifs is 1. The van der Waals surface area contributed by atoms with Gasteiger partial charge in [0, 0.05) is 0 Å². The molecule has 0 spiro atoms. The number of halogens is 1. The van der Waals surface area contributed by atoms with Crippen LogP contribution < -0.4 is 5.32 Å². The number of nitrogens with one attached hydrogen (secondary N) is 1. The maximum atomic E-state index is 12.7. The predicted molar refractivity (Wildman–Crippen MR) is 53.6 cm³/mol. The van der Waals surface area contributed by atoms with Crippen LogP contribution in [0.25, 0.3) is 0 Å². The van der Waals surface area contributed by atoms with Crippen molar-refractivity contribution < 1.29 is 4.39 Å². The zero-order valence-electron chi connectivity index (χ0n) is 8.04. The molecule has 14 heavy (non-hydrogen) atoms. The van der Waals surface area contributed by atoms with Crippen LogP contribution in [-0.4, -0.2) is 13.1 Å². The zero-order valence-corrected chi connectivity index (χ0v) is 8.04. The molecule has 74 valence electrons. The lowest BCUT2D eigenvalue weighted by atomic mass is 9.64. The van der Waals surface area contributed by atoms with Gasteiger partial charge in [0.05, 0.1) is 0 Å². The summed E-state index contributed by atoms with van der Waals surface area (Å²) in [5.41, 5.74) is 1.32. The first-order valence-corrected chi connectivity index (χ1v) is 5.31. The molecule has 3 rings (SSSR count). The van der Waals surface area contributed by atoms with Crippen LogP contribution in [0.4, 0.5) is 4.39 Å². The van der Waals surface area contributed by atoms with Gasteiger partial charge in [-0.1, -0.05) is 12.1 Å². The highest BCUT2D eigenvalue weighted by Gasteiger charge is 2.44. The van der Waals surface area contributed by atoms with Crippen molar-refractivity contribution in [3.63, 3.8) is 0 Å². The minimum Gasteiger partial charge on any atom is -0.316 e. The summed E-state index contributed by atoms with van der Waals surface area (Å²) < 4.78 is 12.7. The Hall–Kier alpha value is -0.890. The molecule has 0 radical (unpaired) electrons. The van der Waals surface area contributed by atoms with Crippen LogP contribution in [0.5, 0.6) is 0 Å². The normalized spacial score (nSPS) is 35.1. The second kappa shape index (κ2) is 3.06. The van der Waals surface area contributed by atoms with Gasteiger partial charge in [0.25, 0.3) is 0 Å². The smallest absolute Gasteiger partial charge is 0.123 e. The Morgan fingerprint density at radius 2 is 1.93 bits per heavy atom. The third-order valence-corrected chi connectivity index (χ3v) is 3.76. The molecule has 2 fully saturated rings. The number of hydrogen-bond donors (Lipinski definition) is 1. The van der Waals surface area contributed by atoms with Crippen molar-refractivity contribution in [3.8, 4) is 0 Å². The van der Waals surface area contributed by atoms with Gasteiger partial charge < -0.3 is 5.32 Å². The lowest BCUT2D eigenvalue weighted by Crippen LogP contribution is -2.33. The Kier molecular flexibility index (Phi) is 1.84. The largest absolute Gasteiger partial charge is 0.316 e. The van der Waals surface area contributed by atoms with E-state index in [1.807, 2.05) is 12.1 Å². The molecule has 1 aliphatic carbocycles. The first-order chi connectivity index (χ1) is 6.84. The summed E-state index contributed by atoms with van der Waals surface area (Å²) in [5.74, 6) is 2.23. The summed E-state index contributed by atoms with van der Waals surface area (Å²) in [6.45, 7) is 2.33. The maximum absolute atomic E-state index is 12.7. The van der Waals surface area contributed by atoms with Crippen molar-refractivity contribution in [2.75, 3.05) is 13.1 Å². The van der Waals surface area contributed by atoms with Gasteiger partial charge >= 0.3 is 0 Å². The number of rotatable bonds is 1. The van der Waals surface area contributed by atoms with E-state index in [1.54, 1.807) is 12.1 Å². The highest BCUT2D eigenvalue weighted by atomic mass is 19.1. The van der Waals surface area contributed by atoms with E-state index >= 15 is 0 Å². The van der Waals surface area contributed by atoms with E-state index < -0.39 is 0 Å². The van der Waals surface area contributed by atoms with E-state index in [2.05, 4.69) is 5.32 Å². The van der Waals surface area contributed by atoms with Gasteiger partial charge in [0.2, 0.25) is 0 Å². The molecule has 1 aliphatic heterocycles. The van der Waals surface area contributed by atoms with Gasteiger partial charge in [-0.25, -0.2) is 4.39 Å². The quantitative estimate of drug-likeness (QED) is 0.717. The average molecular weight is 191 g/mol. The molecule has 1 saturated heterocycles. The summed E-state index contributed by atoms with van der Waals surface area (Å²) in [7, 11) is 0. The fraction of sp³-hybridized carbons (Fsp3) is 0.500. The van der Waals surface area contributed by atoms with Crippen molar-refractivity contribution in [3.05, 3.63) is 35.6 Å².